The summed E-state index contributed by atoms with van der Waals surface area (Å²) in [5, 5.41) is 21.6. The molecule has 0 saturated carbocycles. The van der Waals surface area contributed by atoms with E-state index in [1.54, 1.807) is 0 Å². The molecule has 1 aromatic rings. The lowest BCUT2D eigenvalue weighted by molar-refractivity contribution is -0.161. The maximum atomic E-state index is 13.9. The first-order chi connectivity index (χ1) is 32.1. The van der Waals surface area contributed by atoms with Gasteiger partial charge in [-0.15, -0.1) is 0 Å². The minimum absolute atomic E-state index is 0.129. The molecule has 1 aromatic carbocycles. The molecule has 0 amide bonds. The van der Waals surface area contributed by atoms with E-state index >= 15 is 0 Å². The lowest BCUT2D eigenvalue weighted by Crippen LogP contribution is -2.60. The number of esters is 4. The van der Waals surface area contributed by atoms with Crippen molar-refractivity contribution in [3.8, 4) is 0 Å². The molecule has 0 bridgehead atoms. The lowest BCUT2D eigenvalue weighted by atomic mass is 9.81. The standard InChI is InChI=1S/C56H96N6O8/c1-49(2)25-41(26-50(3,4)59-49)67-45(63)23-21-39(47(65)69-43-29-53(9,10)61-54(11,12)30-43)35-57-33-37-17-19-38(20-18-37)34-58-36-40(48(66)70-44-31-55(13,14)62-56(15,16)32-44)22-24-46(64)68-42-27-51(5,6)60-52(7,8)28-42/h17-20,39-44,57-62H,21-36H2,1-16H3. The second-order valence-electron chi connectivity index (χ2n) is 27.1. The van der Waals surface area contributed by atoms with Crippen molar-refractivity contribution in [2.45, 2.75) is 270 Å². The highest BCUT2D eigenvalue weighted by Gasteiger charge is 2.44. The molecular formula is C56H96N6O8. The number of carbonyl (C=O) groups is 4. The highest BCUT2D eigenvalue weighted by atomic mass is 16.6. The summed E-state index contributed by atoms with van der Waals surface area (Å²) < 4.78 is 24.5. The molecule has 14 nitrogen and oxygen atoms in total. The van der Waals surface area contributed by atoms with Crippen molar-refractivity contribution >= 4 is 23.9 Å². The Hall–Kier alpha value is -3.14. The number of hydrogen-bond acceptors (Lipinski definition) is 14. The Labute approximate surface area is 422 Å². The Morgan fingerprint density at radius 1 is 0.429 bits per heavy atom. The quantitative estimate of drug-likeness (QED) is 0.0546. The van der Waals surface area contributed by atoms with Crippen LogP contribution in [0.3, 0.4) is 0 Å². The first-order valence-corrected chi connectivity index (χ1v) is 26.5. The monoisotopic (exact) mass is 981 g/mol. The predicted octanol–water partition coefficient (Wildman–Crippen LogP) is 8.07. The Balaban J connectivity index is 1.16. The first-order valence-electron chi connectivity index (χ1n) is 26.5. The Bertz CT molecular complexity index is 1740. The van der Waals surface area contributed by atoms with E-state index in [1.807, 2.05) is 0 Å². The lowest BCUT2D eigenvalue weighted by Gasteiger charge is -2.46. The first kappa shape index (κ1) is 57.8. The van der Waals surface area contributed by atoms with Crippen LogP contribution in [0.2, 0.25) is 0 Å². The molecule has 2 atom stereocenters. The van der Waals surface area contributed by atoms with Crippen LogP contribution < -0.4 is 31.9 Å². The van der Waals surface area contributed by atoms with Crippen molar-refractivity contribution in [3.05, 3.63) is 35.4 Å². The van der Waals surface area contributed by atoms with Crippen molar-refractivity contribution in [3.63, 3.8) is 0 Å². The normalized spacial score (nSPS) is 24.7. The van der Waals surface area contributed by atoms with Gasteiger partial charge in [0.1, 0.15) is 24.4 Å². The van der Waals surface area contributed by atoms with Gasteiger partial charge in [0.2, 0.25) is 0 Å². The van der Waals surface area contributed by atoms with Crippen molar-refractivity contribution in [2.75, 3.05) is 13.1 Å². The number of ether oxygens (including phenoxy) is 4. The van der Waals surface area contributed by atoms with Gasteiger partial charge in [0, 0.05) is 135 Å². The van der Waals surface area contributed by atoms with Crippen molar-refractivity contribution in [2.24, 2.45) is 11.8 Å². The van der Waals surface area contributed by atoms with Crippen LogP contribution in [0.25, 0.3) is 0 Å². The van der Waals surface area contributed by atoms with Gasteiger partial charge in [-0.25, -0.2) is 0 Å². The minimum atomic E-state index is -0.531. The molecule has 0 aromatic heterocycles. The Kier molecular flexibility index (Phi) is 18.6. The SMILES string of the molecule is CC1(C)CC(OC(=O)CCC(CNCc2ccc(CNCC(CCC(=O)OC3CC(C)(C)NC(C)(C)C3)C(=O)OC3CC(C)(C)NC(C)(C)C3)cc2)C(=O)OC2CC(C)(C)NC(C)(C)C2)CC(C)(C)N1. The van der Waals surface area contributed by atoms with E-state index in [0.29, 0.717) is 64.7 Å². The van der Waals surface area contributed by atoms with Gasteiger partial charge in [0.05, 0.1) is 11.8 Å². The highest BCUT2D eigenvalue weighted by Crippen LogP contribution is 2.35. The predicted molar refractivity (Wildman–Crippen MR) is 277 cm³/mol. The smallest absolute Gasteiger partial charge is 0.310 e. The number of carbonyl (C=O) groups excluding carboxylic acids is 4. The van der Waals surface area contributed by atoms with E-state index < -0.39 is 11.8 Å². The van der Waals surface area contributed by atoms with Gasteiger partial charge in [0.25, 0.3) is 0 Å². The van der Waals surface area contributed by atoms with Gasteiger partial charge < -0.3 is 50.8 Å². The maximum absolute atomic E-state index is 13.9. The fraction of sp³-hybridized carbons (Fsp3) is 0.821. The zero-order valence-corrected chi connectivity index (χ0v) is 46.4. The molecule has 5 rings (SSSR count). The average Bonchev–Trinajstić information content (AvgIpc) is 3.12. The molecule has 4 fully saturated rings. The largest absolute Gasteiger partial charge is 0.462 e. The van der Waals surface area contributed by atoms with E-state index in [0.717, 1.165) is 36.8 Å². The number of hydrogen-bond donors (Lipinski definition) is 6. The number of piperidine rings is 4. The number of rotatable bonds is 20. The third kappa shape index (κ3) is 19.4. The van der Waals surface area contributed by atoms with E-state index in [4.69, 9.17) is 18.9 Å². The van der Waals surface area contributed by atoms with Crippen LogP contribution in [-0.2, 0) is 51.2 Å². The summed E-state index contributed by atoms with van der Waals surface area (Å²) in [5.74, 6) is -2.21. The Morgan fingerprint density at radius 2 is 0.657 bits per heavy atom. The van der Waals surface area contributed by atoms with Crippen LogP contribution in [0.4, 0.5) is 0 Å². The molecule has 4 saturated heterocycles. The zero-order chi connectivity index (χ0) is 52.1. The molecule has 398 valence electrons. The van der Waals surface area contributed by atoms with Gasteiger partial charge in [-0.3, -0.25) is 19.2 Å². The van der Waals surface area contributed by atoms with Crippen molar-refractivity contribution in [1.29, 1.82) is 0 Å². The van der Waals surface area contributed by atoms with Crippen molar-refractivity contribution in [1.82, 2.24) is 31.9 Å². The van der Waals surface area contributed by atoms with Gasteiger partial charge >= 0.3 is 23.9 Å². The van der Waals surface area contributed by atoms with Gasteiger partial charge in [0.15, 0.2) is 0 Å². The average molecular weight is 981 g/mol. The summed E-state index contributed by atoms with van der Waals surface area (Å²) in [5.41, 5.74) is 0.723. The van der Waals surface area contributed by atoms with Crippen LogP contribution in [0.15, 0.2) is 24.3 Å². The van der Waals surface area contributed by atoms with Crippen molar-refractivity contribution < 1.29 is 38.1 Å². The van der Waals surface area contributed by atoms with Gasteiger partial charge in [-0.2, -0.15) is 0 Å². The second kappa shape index (κ2) is 22.5. The fourth-order valence-corrected chi connectivity index (χ4v) is 13.0. The molecule has 70 heavy (non-hydrogen) atoms. The summed E-state index contributed by atoms with van der Waals surface area (Å²) in [4.78, 5) is 54.5. The molecule has 2 unspecified atom stereocenters. The summed E-state index contributed by atoms with van der Waals surface area (Å²) in [7, 11) is 0. The summed E-state index contributed by atoms with van der Waals surface area (Å²) in [6.45, 7) is 35.9. The third-order valence-corrected chi connectivity index (χ3v) is 14.3. The molecule has 4 heterocycles. The van der Waals surface area contributed by atoms with Crippen LogP contribution in [0, 0.1) is 11.8 Å². The molecule has 6 N–H and O–H groups in total. The van der Waals surface area contributed by atoms with E-state index in [-0.39, 0.29) is 105 Å². The molecule has 0 spiro atoms. The van der Waals surface area contributed by atoms with E-state index in [1.165, 1.54) is 0 Å². The molecule has 14 heteroatoms. The van der Waals surface area contributed by atoms with Gasteiger partial charge in [-0.1, -0.05) is 24.3 Å². The molecular weight excluding hydrogens is 885 g/mol. The molecule has 0 radical (unpaired) electrons. The minimum Gasteiger partial charge on any atom is -0.462 e. The maximum Gasteiger partial charge on any atom is 0.310 e. The van der Waals surface area contributed by atoms with E-state index in [2.05, 4.69) is 167 Å². The van der Waals surface area contributed by atoms with Gasteiger partial charge in [-0.05, 0) is 135 Å². The summed E-state index contributed by atoms with van der Waals surface area (Å²) in [6, 6.07) is 8.23. The highest BCUT2D eigenvalue weighted by molar-refractivity contribution is 5.76. The Morgan fingerprint density at radius 3 is 0.900 bits per heavy atom. The zero-order valence-electron chi connectivity index (χ0n) is 46.4. The van der Waals surface area contributed by atoms with Crippen LogP contribution >= 0.6 is 0 Å². The molecule has 4 aliphatic rings. The number of nitrogens with one attached hydrogen (secondary N) is 6. The third-order valence-electron chi connectivity index (χ3n) is 14.3. The topological polar surface area (TPSA) is 177 Å². The second-order valence-corrected chi connectivity index (χ2v) is 27.1. The number of benzene rings is 1. The van der Waals surface area contributed by atoms with Crippen LogP contribution in [0.5, 0.6) is 0 Å². The summed E-state index contributed by atoms with van der Waals surface area (Å²) >= 11 is 0. The molecule has 4 aliphatic heterocycles. The fourth-order valence-electron chi connectivity index (χ4n) is 13.0. The van der Waals surface area contributed by atoms with E-state index in [9.17, 15) is 19.2 Å². The summed E-state index contributed by atoms with van der Waals surface area (Å²) in [6.07, 6.45) is 5.79. The molecule has 0 aliphatic carbocycles. The van der Waals surface area contributed by atoms with Crippen LogP contribution in [0.1, 0.15) is 199 Å². The van der Waals surface area contributed by atoms with Crippen LogP contribution in [-0.4, -0.2) is 106 Å².